The third-order valence-corrected chi connectivity index (χ3v) is 8.62. The van der Waals surface area contributed by atoms with E-state index in [4.69, 9.17) is 9.47 Å². The van der Waals surface area contributed by atoms with E-state index in [1.807, 2.05) is 45.0 Å². The molecule has 2 atom stereocenters. The van der Waals surface area contributed by atoms with Gasteiger partial charge in [-0.25, -0.2) is 0 Å². The Morgan fingerprint density at radius 1 is 0.721 bits per heavy atom. The summed E-state index contributed by atoms with van der Waals surface area (Å²) in [5.74, 6) is 3.12. The van der Waals surface area contributed by atoms with E-state index < -0.39 is 0 Å². The molecule has 0 aromatic heterocycles. The molecule has 4 nitrogen and oxygen atoms in total. The molecule has 0 saturated carbocycles. The van der Waals surface area contributed by atoms with Crippen molar-refractivity contribution in [3.63, 3.8) is 0 Å². The Labute approximate surface area is 263 Å². The van der Waals surface area contributed by atoms with Crippen LogP contribution in [0.4, 0.5) is 0 Å². The highest BCUT2D eigenvalue weighted by atomic mass is 16.5. The Morgan fingerprint density at radius 2 is 1.21 bits per heavy atom. The Balaban J connectivity index is 2.09. The fraction of sp³-hybridized carbons (Fsp3) is 0.641. The molecular weight excluding hydrogens is 532 g/mol. The summed E-state index contributed by atoms with van der Waals surface area (Å²) < 4.78 is 11.9. The van der Waals surface area contributed by atoms with Crippen LogP contribution in [0.25, 0.3) is 10.8 Å². The number of esters is 2. The number of carbonyl (C=O) groups excluding carboxylic acids is 2. The van der Waals surface area contributed by atoms with E-state index >= 15 is 0 Å². The highest BCUT2D eigenvalue weighted by Gasteiger charge is 2.22. The molecule has 0 heterocycles. The number of ether oxygens (including phenoxy) is 2. The van der Waals surface area contributed by atoms with E-state index in [9.17, 15) is 9.59 Å². The monoisotopic (exact) mass is 592 g/mol. The average molecular weight is 593 g/mol. The van der Waals surface area contributed by atoms with Crippen LogP contribution in [0, 0.1) is 24.7 Å². The summed E-state index contributed by atoms with van der Waals surface area (Å²) in [7, 11) is 0. The lowest BCUT2D eigenvalue weighted by Gasteiger charge is -2.19. The molecule has 43 heavy (non-hydrogen) atoms. The van der Waals surface area contributed by atoms with E-state index in [2.05, 4.69) is 40.7 Å². The van der Waals surface area contributed by atoms with Crippen molar-refractivity contribution in [2.75, 3.05) is 0 Å². The second kappa shape index (κ2) is 19.6. The fourth-order valence-electron chi connectivity index (χ4n) is 5.87. The van der Waals surface area contributed by atoms with Crippen molar-refractivity contribution in [3.05, 3.63) is 47.0 Å². The molecule has 0 saturated heterocycles. The van der Waals surface area contributed by atoms with Crippen LogP contribution in [0.5, 0.6) is 11.5 Å². The van der Waals surface area contributed by atoms with Gasteiger partial charge < -0.3 is 9.47 Å². The largest absolute Gasteiger partial charge is 0.426 e. The number of hydrogen-bond donors (Lipinski definition) is 0. The van der Waals surface area contributed by atoms with Gasteiger partial charge in [-0.2, -0.15) is 0 Å². The second-order valence-corrected chi connectivity index (χ2v) is 13.4. The van der Waals surface area contributed by atoms with Gasteiger partial charge in [0.25, 0.3) is 0 Å². The normalized spacial score (nSPS) is 13.4. The van der Waals surface area contributed by atoms with E-state index in [1.165, 1.54) is 56.9 Å². The van der Waals surface area contributed by atoms with Crippen LogP contribution in [0.15, 0.2) is 35.9 Å². The van der Waals surface area contributed by atoms with E-state index in [0.717, 1.165) is 58.9 Å². The van der Waals surface area contributed by atoms with Gasteiger partial charge in [-0.05, 0) is 69.3 Å². The summed E-state index contributed by atoms with van der Waals surface area (Å²) in [5, 5.41) is 1.60. The van der Waals surface area contributed by atoms with Crippen molar-refractivity contribution in [1.82, 2.24) is 0 Å². The van der Waals surface area contributed by atoms with Crippen molar-refractivity contribution in [2.24, 2.45) is 17.8 Å². The Bertz CT molecular complexity index is 1180. The van der Waals surface area contributed by atoms with Crippen molar-refractivity contribution < 1.29 is 19.1 Å². The van der Waals surface area contributed by atoms with Gasteiger partial charge in [0.15, 0.2) is 0 Å². The number of fused-ring (bicyclic) bond motifs is 1. The number of hydrogen-bond acceptors (Lipinski definition) is 4. The standard InChI is InChI=1S/C39H60O4/c1-9-16-36(40)42-38-32(8)33(39(43-37(41)17-10-2)35-25-12-11-24-34(35)38)27-26-31(7)23-15-22-30(6)21-14-20-29(5)19-13-18-28(3)4/h11-12,24-26,28-30H,9-10,13-23,27H2,1-8H3/b31-26+/t29-,30-/m1/s1. The van der Waals surface area contributed by atoms with Gasteiger partial charge in [0, 0.05) is 29.2 Å². The first-order valence-electron chi connectivity index (χ1n) is 17.2. The minimum Gasteiger partial charge on any atom is -0.426 e. The Hall–Kier alpha value is -2.62. The van der Waals surface area contributed by atoms with Crippen molar-refractivity contribution >= 4 is 22.7 Å². The highest BCUT2D eigenvalue weighted by Crippen LogP contribution is 2.41. The summed E-state index contributed by atoms with van der Waals surface area (Å²) in [6.45, 7) is 17.6. The summed E-state index contributed by atoms with van der Waals surface area (Å²) >= 11 is 0. The van der Waals surface area contributed by atoms with E-state index in [1.54, 1.807) is 0 Å². The maximum Gasteiger partial charge on any atom is 0.311 e. The predicted molar refractivity (Wildman–Crippen MR) is 182 cm³/mol. The second-order valence-electron chi connectivity index (χ2n) is 13.4. The first-order chi connectivity index (χ1) is 20.6. The zero-order valence-electron chi connectivity index (χ0n) is 28.7. The molecule has 0 aliphatic carbocycles. The van der Waals surface area contributed by atoms with Gasteiger partial charge in [0.1, 0.15) is 11.5 Å². The predicted octanol–water partition coefficient (Wildman–Crippen LogP) is 11.5. The molecule has 0 bridgehead atoms. The summed E-state index contributed by atoms with van der Waals surface area (Å²) in [6.07, 6.45) is 16.7. The minimum absolute atomic E-state index is 0.233. The first-order valence-corrected chi connectivity index (χ1v) is 17.2. The van der Waals surface area contributed by atoms with Gasteiger partial charge in [0.05, 0.1) is 0 Å². The van der Waals surface area contributed by atoms with E-state index in [-0.39, 0.29) is 11.9 Å². The summed E-state index contributed by atoms with van der Waals surface area (Å²) in [5.41, 5.74) is 3.12. The summed E-state index contributed by atoms with van der Waals surface area (Å²) in [6, 6.07) is 7.75. The number of benzene rings is 2. The Kier molecular flexibility index (Phi) is 16.7. The molecule has 240 valence electrons. The molecule has 0 aliphatic rings. The van der Waals surface area contributed by atoms with Gasteiger partial charge in [-0.1, -0.05) is 122 Å². The van der Waals surface area contributed by atoms with Gasteiger partial charge in [-0.3, -0.25) is 9.59 Å². The van der Waals surface area contributed by atoms with Crippen LogP contribution >= 0.6 is 0 Å². The SMILES string of the molecule is CCCC(=O)Oc1c(C)c(C/C=C(\C)CCC[C@H](C)CCC[C@H](C)CCCC(C)C)c(OC(=O)CCC)c2ccccc12. The molecule has 2 aromatic carbocycles. The molecule has 0 spiro atoms. The van der Waals surface area contributed by atoms with Crippen LogP contribution in [0.2, 0.25) is 0 Å². The lowest BCUT2D eigenvalue weighted by molar-refractivity contribution is -0.135. The van der Waals surface area contributed by atoms with Gasteiger partial charge >= 0.3 is 11.9 Å². The highest BCUT2D eigenvalue weighted by molar-refractivity contribution is 5.98. The van der Waals surface area contributed by atoms with Crippen LogP contribution < -0.4 is 9.47 Å². The zero-order chi connectivity index (χ0) is 31.8. The third-order valence-electron chi connectivity index (χ3n) is 8.62. The molecule has 2 rings (SSSR count). The van der Waals surface area contributed by atoms with Gasteiger partial charge in [0.2, 0.25) is 0 Å². The smallest absolute Gasteiger partial charge is 0.311 e. The molecule has 0 fully saturated rings. The summed E-state index contributed by atoms with van der Waals surface area (Å²) in [4.78, 5) is 25.2. The molecule has 0 N–H and O–H groups in total. The van der Waals surface area contributed by atoms with Crippen molar-refractivity contribution in [2.45, 2.75) is 145 Å². The molecule has 2 aromatic rings. The molecule has 4 heteroatoms. The van der Waals surface area contributed by atoms with E-state index in [0.29, 0.717) is 30.8 Å². The molecule has 0 radical (unpaired) electrons. The van der Waals surface area contributed by atoms with Crippen LogP contribution in [-0.2, 0) is 16.0 Å². The topological polar surface area (TPSA) is 52.6 Å². The van der Waals surface area contributed by atoms with Crippen LogP contribution in [-0.4, -0.2) is 11.9 Å². The molecular formula is C39H60O4. The third kappa shape index (κ3) is 12.9. The minimum atomic E-state index is -0.237. The zero-order valence-corrected chi connectivity index (χ0v) is 28.7. The maximum absolute atomic E-state index is 12.7. The fourth-order valence-corrected chi connectivity index (χ4v) is 5.87. The van der Waals surface area contributed by atoms with Gasteiger partial charge in [-0.15, -0.1) is 0 Å². The number of carbonyl (C=O) groups is 2. The first kappa shape index (κ1) is 36.6. The lowest BCUT2D eigenvalue weighted by Crippen LogP contribution is -2.13. The van der Waals surface area contributed by atoms with Crippen molar-refractivity contribution in [1.29, 1.82) is 0 Å². The quantitative estimate of drug-likeness (QED) is 0.0871. The van der Waals surface area contributed by atoms with Crippen LogP contribution in [0.3, 0.4) is 0 Å². The lowest BCUT2D eigenvalue weighted by atomic mass is 9.91. The number of allylic oxidation sites excluding steroid dienone is 2. The molecule has 0 unspecified atom stereocenters. The number of rotatable bonds is 20. The van der Waals surface area contributed by atoms with Crippen LogP contribution in [0.1, 0.15) is 143 Å². The van der Waals surface area contributed by atoms with Crippen molar-refractivity contribution in [3.8, 4) is 11.5 Å². The maximum atomic E-state index is 12.7. The molecule has 0 aliphatic heterocycles. The molecule has 0 amide bonds. The average Bonchev–Trinajstić information content (AvgIpc) is 2.95. The Morgan fingerprint density at radius 3 is 1.74 bits per heavy atom.